The van der Waals surface area contributed by atoms with Gasteiger partial charge in [0, 0.05) is 7.11 Å². The summed E-state index contributed by atoms with van der Waals surface area (Å²) in [6, 6.07) is 3.59. The summed E-state index contributed by atoms with van der Waals surface area (Å²) in [5, 5.41) is 0. The van der Waals surface area contributed by atoms with Crippen molar-refractivity contribution in [3.05, 3.63) is 28.8 Å². The number of carbonyl (C=O) groups excluding carboxylic acids is 2. The predicted molar refractivity (Wildman–Crippen MR) is 98.2 cm³/mol. The topological polar surface area (TPSA) is 87.8 Å². The Morgan fingerprint density at radius 3 is 2.04 bits per heavy atom. The minimum atomic E-state index is -1.18. The highest BCUT2D eigenvalue weighted by Gasteiger charge is 2.55. The Morgan fingerprint density at radius 2 is 1.62 bits per heavy atom. The second-order valence-electron chi connectivity index (χ2n) is 7.42. The number of ether oxygens (including phenoxy) is 2. The summed E-state index contributed by atoms with van der Waals surface area (Å²) in [5.41, 5.74) is 0.244. The number of aryl methyl sites for hydroxylation is 2. The molecule has 1 heterocycles. The van der Waals surface area contributed by atoms with Crippen LogP contribution >= 0.6 is 0 Å². The van der Waals surface area contributed by atoms with Crippen LogP contribution in [0, 0.1) is 0 Å². The second kappa shape index (κ2) is 7.47. The first-order valence-electron chi connectivity index (χ1n) is 8.95. The van der Waals surface area contributed by atoms with E-state index in [0.717, 1.165) is 16.7 Å². The molecule has 1 fully saturated rings. The highest BCUT2D eigenvalue weighted by atomic mass is 16.6. The highest BCUT2D eigenvalue weighted by Crippen LogP contribution is 2.42. The molecule has 1 aromatic rings. The summed E-state index contributed by atoms with van der Waals surface area (Å²) in [7, 11) is 1.52. The van der Waals surface area contributed by atoms with E-state index in [-0.39, 0.29) is 18.2 Å². The molecule has 0 spiro atoms. The number of ketones is 2. The number of rotatable bonds is 6. The minimum Gasteiger partial charge on any atom is -0.412 e. The molecule has 0 amide bonds. The van der Waals surface area contributed by atoms with E-state index in [1.807, 2.05) is 13.8 Å². The van der Waals surface area contributed by atoms with E-state index in [1.54, 1.807) is 32.9 Å². The fraction of sp³-hybridized carbons (Fsp3) is 0.600. The molecule has 2 rings (SSSR count). The zero-order valence-electron chi connectivity index (χ0n) is 16.5. The third kappa shape index (κ3) is 3.41. The van der Waals surface area contributed by atoms with Gasteiger partial charge in [-0.3, -0.25) is 9.59 Å². The summed E-state index contributed by atoms with van der Waals surface area (Å²) >= 11 is 0. The average Bonchev–Trinajstić information content (AvgIpc) is 2.60. The van der Waals surface area contributed by atoms with Gasteiger partial charge in [-0.05, 0) is 62.4 Å². The lowest BCUT2D eigenvalue weighted by atomic mass is 9.72. The molecule has 26 heavy (non-hydrogen) atoms. The maximum Gasteiger partial charge on any atom is 0.181 e. The lowest BCUT2D eigenvalue weighted by molar-refractivity contribution is -0.196. The van der Waals surface area contributed by atoms with Crippen LogP contribution in [-0.2, 0) is 31.9 Å². The van der Waals surface area contributed by atoms with Crippen molar-refractivity contribution >= 4 is 11.6 Å². The van der Waals surface area contributed by atoms with Gasteiger partial charge in [-0.1, -0.05) is 13.8 Å². The molecule has 6 nitrogen and oxygen atoms in total. The average molecular weight is 363 g/mol. The lowest BCUT2D eigenvalue weighted by Crippen LogP contribution is -2.61. The molecule has 0 aromatic heterocycles. The number of benzene rings is 1. The first kappa shape index (κ1) is 20.6. The molecule has 2 N–H and O–H groups in total. The van der Waals surface area contributed by atoms with Gasteiger partial charge < -0.3 is 14.3 Å². The van der Waals surface area contributed by atoms with E-state index >= 15 is 0 Å². The van der Waals surface area contributed by atoms with Gasteiger partial charge in [-0.25, -0.2) is 0 Å². The van der Waals surface area contributed by atoms with Crippen LogP contribution in [0.25, 0.3) is 0 Å². The van der Waals surface area contributed by atoms with Gasteiger partial charge in [0.25, 0.3) is 0 Å². The van der Waals surface area contributed by atoms with Gasteiger partial charge >= 0.3 is 0 Å². The van der Waals surface area contributed by atoms with Crippen molar-refractivity contribution < 1.29 is 23.9 Å². The Bertz CT molecular complexity index is 687. The minimum absolute atomic E-state index is 0.0892. The number of carbonyl (C=O) groups is 2. The zero-order valence-corrected chi connectivity index (χ0v) is 16.5. The van der Waals surface area contributed by atoms with Crippen molar-refractivity contribution in [3.63, 3.8) is 0 Å². The zero-order chi connectivity index (χ0) is 19.7. The summed E-state index contributed by atoms with van der Waals surface area (Å²) in [6.07, 6.45) is 1.30. The number of nitrogens with two attached hydrogens (primary N) is 1. The van der Waals surface area contributed by atoms with E-state index in [9.17, 15) is 9.59 Å². The largest absolute Gasteiger partial charge is 0.412 e. The first-order chi connectivity index (χ1) is 12.1. The van der Waals surface area contributed by atoms with Crippen molar-refractivity contribution in [1.29, 1.82) is 0 Å². The summed E-state index contributed by atoms with van der Waals surface area (Å²) in [5.74, 6) is 4.46. The third-order valence-electron chi connectivity index (χ3n) is 5.05. The number of hydrogen-bond acceptors (Lipinski definition) is 6. The van der Waals surface area contributed by atoms with Gasteiger partial charge in [0.2, 0.25) is 0 Å². The van der Waals surface area contributed by atoms with Crippen LogP contribution in [0.1, 0.15) is 57.2 Å². The molecule has 0 saturated carbocycles. The summed E-state index contributed by atoms with van der Waals surface area (Å²) < 4.78 is 11.1. The molecule has 0 radical (unpaired) electrons. The van der Waals surface area contributed by atoms with E-state index in [4.69, 9.17) is 20.2 Å². The van der Waals surface area contributed by atoms with Gasteiger partial charge in [0.05, 0.1) is 6.61 Å². The molecule has 1 aromatic carbocycles. The Hall–Kier alpha value is -1.76. The molecule has 1 saturated heterocycles. The van der Waals surface area contributed by atoms with E-state index in [1.165, 1.54) is 7.11 Å². The number of methoxy groups -OCH3 is 1. The molecule has 2 unspecified atom stereocenters. The lowest BCUT2D eigenvalue weighted by Gasteiger charge is -2.44. The van der Waals surface area contributed by atoms with E-state index in [2.05, 4.69) is 0 Å². The smallest absolute Gasteiger partial charge is 0.181 e. The molecule has 1 aliphatic rings. The van der Waals surface area contributed by atoms with Gasteiger partial charge in [-0.15, -0.1) is 0 Å². The highest BCUT2D eigenvalue weighted by molar-refractivity contribution is 6.15. The van der Waals surface area contributed by atoms with Crippen LogP contribution < -0.4 is 10.7 Å². The molecule has 1 aliphatic heterocycles. The van der Waals surface area contributed by atoms with Crippen LogP contribution in [0.4, 0.5) is 0 Å². The quantitative estimate of drug-likeness (QED) is 0.617. The fourth-order valence-electron chi connectivity index (χ4n) is 3.84. The van der Waals surface area contributed by atoms with Crippen LogP contribution in [-0.4, -0.2) is 36.5 Å². The predicted octanol–water partition coefficient (Wildman–Crippen LogP) is 2.50. The first-order valence-corrected chi connectivity index (χ1v) is 8.95. The maximum absolute atomic E-state index is 13.3. The van der Waals surface area contributed by atoms with E-state index < -0.39 is 17.1 Å². The third-order valence-corrected chi connectivity index (χ3v) is 5.05. The second-order valence-corrected chi connectivity index (χ2v) is 7.42. The molecule has 144 valence electrons. The molecule has 6 heteroatoms. The van der Waals surface area contributed by atoms with Crippen molar-refractivity contribution in [2.24, 2.45) is 5.90 Å². The SMILES string of the molecule is CCc1cc(ON)cc(CC)c1C1C(=O)C(C)(C)OC(C)(COC)C1=O. The molecular weight excluding hydrogens is 334 g/mol. The summed E-state index contributed by atoms with van der Waals surface area (Å²) in [6.45, 7) is 9.15. The standard InChI is InChI=1S/C20H29NO5/c1-7-12-9-14(25-21)10-13(8-2)15(12)16-17(22)19(3,4)26-20(5,11-24-6)18(16)23/h9-10,16H,7-8,11,21H2,1-6H3. The van der Waals surface area contributed by atoms with Crippen molar-refractivity contribution in [2.45, 2.75) is 64.6 Å². The fourth-order valence-corrected chi connectivity index (χ4v) is 3.84. The van der Waals surface area contributed by atoms with Gasteiger partial charge in [0.1, 0.15) is 22.9 Å². The monoisotopic (exact) mass is 363 g/mol. The Balaban J connectivity index is 2.71. The molecule has 0 aliphatic carbocycles. The van der Waals surface area contributed by atoms with E-state index in [0.29, 0.717) is 18.6 Å². The molecule has 2 atom stereocenters. The van der Waals surface area contributed by atoms with Crippen LogP contribution in [0.3, 0.4) is 0 Å². The molecular formula is C20H29NO5. The number of hydrogen-bond donors (Lipinski definition) is 1. The van der Waals surface area contributed by atoms with Gasteiger partial charge in [-0.2, -0.15) is 5.90 Å². The Kier molecular flexibility index (Phi) is 5.90. The van der Waals surface area contributed by atoms with Crippen LogP contribution in [0.2, 0.25) is 0 Å². The Morgan fingerprint density at radius 1 is 1.08 bits per heavy atom. The van der Waals surface area contributed by atoms with Gasteiger partial charge in [0.15, 0.2) is 11.6 Å². The van der Waals surface area contributed by atoms with Crippen LogP contribution in [0.5, 0.6) is 5.75 Å². The van der Waals surface area contributed by atoms with Crippen LogP contribution in [0.15, 0.2) is 12.1 Å². The van der Waals surface area contributed by atoms with Crippen molar-refractivity contribution in [2.75, 3.05) is 13.7 Å². The maximum atomic E-state index is 13.3. The van der Waals surface area contributed by atoms with Crippen molar-refractivity contribution in [1.82, 2.24) is 0 Å². The molecule has 0 bridgehead atoms. The number of Topliss-reactive ketones (excluding diaryl/α,β-unsaturated/α-hetero) is 2. The normalized spacial score (nSPS) is 25.4. The van der Waals surface area contributed by atoms with Crippen molar-refractivity contribution in [3.8, 4) is 5.75 Å². The summed E-state index contributed by atoms with van der Waals surface area (Å²) in [4.78, 5) is 31.4. The Labute approximate surface area is 154 Å².